The minimum Gasteiger partial charge on any atom is -0.505 e. The molecule has 0 unspecified atom stereocenters. The molecule has 14 heteroatoms. The van der Waals surface area contributed by atoms with Gasteiger partial charge in [0.15, 0.2) is 24.4 Å². The topological polar surface area (TPSA) is 142 Å². The molecule has 0 amide bonds. The zero-order valence-corrected chi connectivity index (χ0v) is 26.7. The summed E-state index contributed by atoms with van der Waals surface area (Å²) in [5.74, 6) is -3.90. The molecule has 0 saturated carbocycles. The minimum atomic E-state index is -3.29. The molecule has 0 aromatic heterocycles. The SMILES string of the molecule is CCCC[N+](CCCC)(CCCC)CCCC.COC(=O)[C@@H]1O[B-]2(O[C@H]1C(=O)OC)O[C@@H](C(=O)OC)[C@H](C(=O)OC)O2. The van der Waals surface area contributed by atoms with E-state index in [9.17, 15) is 19.2 Å². The summed E-state index contributed by atoms with van der Waals surface area (Å²) in [5.41, 5.74) is 0. The van der Waals surface area contributed by atoms with E-state index in [1.165, 1.54) is 82.0 Å². The number of hydrogen-bond donors (Lipinski definition) is 0. The number of esters is 4. The first kappa shape index (κ1) is 37.8. The number of rotatable bonds is 16. The quantitative estimate of drug-likeness (QED) is 0.111. The van der Waals surface area contributed by atoms with Gasteiger partial charge in [0.05, 0.1) is 54.6 Å². The van der Waals surface area contributed by atoms with Crippen molar-refractivity contribution in [2.75, 3.05) is 54.6 Å². The molecule has 2 rings (SSSR count). The van der Waals surface area contributed by atoms with Gasteiger partial charge in [0, 0.05) is 0 Å². The molecule has 13 nitrogen and oxygen atoms in total. The molecule has 244 valence electrons. The third kappa shape index (κ3) is 10.5. The van der Waals surface area contributed by atoms with E-state index in [0.717, 1.165) is 28.4 Å². The number of unbranched alkanes of at least 4 members (excludes halogenated alkanes) is 4. The zero-order chi connectivity index (χ0) is 31.8. The molecule has 4 atom stereocenters. The average Bonchev–Trinajstić information content (AvgIpc) is 3.59. The summed E-state index contributed by atoms with van der Waals surface area (Å²) >= 11 is 0. The van der Waals surface area contributed by atoms with E-state index in [0.29, 0.717) is 0 Å². The maximum atomic E-state index is 11.8. The molecule has 42 heavy (non-hydrogen) atoms. The van der Waals surface area contributed by atoms with Gasteiger partial charge in [0.1, 0.15) is 0 Å². The van der Waals surface area contributed by atoms with Crippen LogP contribution in [0.15, 0.2) is 0 Å². The smallest absolute Gasteiger partial charge is 0.505 e. The van der Waals surface area contributed by atoms with Crippen molar-refractivity contribution in [3.05, 3.63) is 0 Å². The molecular weight excluding hydrogens is 553 g/mol. The monoisotopic (exact) mass is 605 g/mol. The first-order valence-electron chi connectivity index (χ1n) is 15.1. The Morgan fingerprint density at radius 3 is 0.881 bits per heavy atom. The summed E-state index contributed by atoms with van der Waals surface area (Å²) in [5, 5.41) is 0. The predicted octanol–water partition coefficient (Wildman–Crippen LogP) is 2.69. The van der Waals surface area contributed by atoms with Crippen molar-refractivity contribution in [3.63, 3.8) is 0 Å². The Morgan fingerprint density at radius 1 is 0.500 bits per heavy atom. The van der Waals surface area contributed by atoms with Crippen LogP contribution in [0.3, 0.4) is 0 Å². The van der Waals surface area contributed by atoms with Crippen LogP contribution >= 0.6 is 0 Å². The van der Waals surface area contributed by atoms with Gasteiger partial charge in [0.25, 0.3) is 0 Å². The average molecular weight is 606 g/mol. The molecule has 0 radical (unpaired) electrons. The Bertz CT molecular complexity index is 718. The van der Waals surface area contributed by atoms with Crippen molar-refractivity contribution in [3.8, 4) is 0 Å². The number of quaternary nitrogens is 1. The highest BCUT2D eigenvalue weighted by atomic mass is 16.9. The van der Waals surface area contributed by atoms with Crippen LogP contribution < -0.4 is 0 Å². The second-order valence-corrected chi connectivity index (χ2v) is 10.5. The predicted molar refractivity (Wildman–Crippen MR) is 153 cm³/mol. The van der Waals surface area contributed by atoms with E-state index in [1.54, 1.807) is 0 Å². The molecule has 0 aromatic carbocycles. The van der Waals surface area contributed by atoms with Crippen LogP contribution in [0.5, 0.6) is 0 Å². The maximum Gasteiger partial charge on any atom is 0.533 e. The summed E-state index contributed by atoms with van der Waals surface area (Å²) in [6.45, 7) is 11.7. The van der Waals surface area contributed by atoms with Crippen LogP contribution in [0.25, 0.3) is 0 Å². The standard InChI is InChI=1S/C16H36N.C12H16BO12/c1-5-9-13-17(14-10-6-2,15-11-7-3)16-12-8-4;1-18-9(14)5-6(10(15)19-2)23-13(22-5)24-7(11(16)20-3)8(25-13)12(17)21-4/h5-16H2,1-4H3;5-8H,1-4H3/q+1;-1/t;5-,6-,7-,8-/m.1/s1. The number of carbonyl (C=O) groups excluding carboxylic acids is 4. The molecule has 0 N–H and O–H groups in total. The van der Waals surface area contributed by atoms with Crippen LogP contribution in [0.4, 0.5) is 0 Å². The van der Waals surface area contributed by atoms with Crippen molar-refractivity contribution in [1.29, 1.82) is 0 Å². The lowest BCUT2D eigenvalue weighted by atomic mass is 10.1. The van der Waals surface area contributed by atoms with E-state index < -0.39 is 55.3 Å². The molecule has 0 bridgehead atoms. The van der Waals surface area contributed by atoms with E-state index in [1.807, 2.05) is 0 Å². The largest absolute Gasteiger partial charge is 0.533 e. The van der Waals surface area contributed by atoms with Crippen molar-refractivity contribution in [1.82, 2.24) is 0 Å². The van der Waals surface area contributed by atoms with Crippen molar-refractivity contribution < 1.29 is 61.2 Å². The second kappa shape index (κ2) is 19.1. The van der Waals surface area contributed by atoms with E-state index in [2.05, 4.69) is 46.6 Å². The van der Waals surface area contributed by atoms with Gasteiger partial charge in [-0.15, -0.1) is 0 Å². The maximum absolute atomic E-state index is 11.8. The van der Waals surface area contributed by atoms with E-state index in [-0.39, 0.29) is 0 Å². The summed E-state index contributed by atoms with van der Waals surface area (Å²) < 4.78 is 40.5. The van der Waals surface area contributed by atoms with Crippen molar-refractivity contribution in [2.24, 2.45) is 0 Å². The Morgan fingerprint density at radius 2 is 0.714 bits per heavy atom. The first-order valence-corrected chi connectivity index (χ1v) is 15.1. The van der Waals surface area contributed by atoms with Gasteiger partial charge in [-0.25, -0.2) is 19.2 Å². The Labute approximate surface area is 250 Å². The van der Waals surface area contributed by atoms with Gasteiger partial charge in [-0.05, 0) is 25.7 Å². The summed E-state index contributed by atoms with van der Waals surface area (Å²) in [6, 6.07) is 0. The summed E-state index contributed by atoms with van der Waals surface area (Å²) in [7, 11) is 4.23. The summed E-state index contributed by atoms with van der Waals surface area (Å²) in [4.78, 5) is 47.2. The zero-order valence-electron chi connectivity index (χ0n) is 26.7. The lowest BCUT2D eigenvalue weighted by Crippen LogP contribution is -2.50. The highest BCUT2D eigenvalue weighted by molar-refractivity contribution is 6.56. The Kier molecular flexibility index (Phi) is 17.2. The van der Waals surface area contributed by atoms with Crippen LogP contribution in [0.1, 0.15) is 79.1 Å². The van der Waals surface area contributed by atoms with Gasteiger partial charge in [-0.3, -0.25) is 0 Å². The first-order chi connectivity index (χ1) is 20.1. The van der Waals surface area contributed by atoms with Gasteiger partial charge < -0.3 is 42.0 Å². The number of methoxy groups -OCH3 is 4. The van der Waals surface area contributed by atoms with Gasteiger partial charge in [-0.2, -0.15) is 0 Å². The molecule has 0 aromatic rings. The minimum absolute atomic E-state index is 0.975. The lowest BCUT2D eigenvalue weighted by Gasteiger charge is -2.39. The normalized spacial score (nSPS) is 22.7. The third-order valence-corrected chi connectivity index (χ3v) is 7.48. The van der Waals surface area contributed by atoms with Crippen LogP contribution in [-0.4, -0.2) is 114 Å². The molecule has 2 heterocycles. The van der Waals surface area contributed by atoms with Gasteiger partial charge in [0.2, 0.25) is 0 Å². The molecule has 2 fully saturated rings. The lowest BCUT2D eigenvalue weighted by molar-refractivity contribution is -0.929. The summed E-state index contributed by atoms with van der Waals surface area (Å²) in [6.07, 6.45) is 4.70. The van der Waals surface area contributed by atoms with Crippen molar-refractivity contribution in [2.45, 2.75) is 103 Å². The molecule has 1 spiro atoms. The fraction of sp³-hybridized carbons (Fsp3) is 0.857. The van der Waals surface area contributed by atoms with Crippen molar-refractivity contribution >= 4 is 30.8 Å². The van der Waals surface area contributed by atoms with Gasteiger partial charge in [-0.1, -0.05) is 53.4 Å². The molecule has 2 aliphatic heterocycles. The highest BCUT2D eigenvalue weighted by Crippen LogP contribution is 2.37. The number of carbonyl (C=O) groups is 4. The van der Waals surface area contributed by atoms with Gasteiger partial charge >= 0.3 is 30.8 Å². The molecule has 2 aliphatic rings. The van der Waals surface area contributed by atoms with E-state index >= 15 is 0 Å². The highest BCUT2D eigenvalue weighted by Gasteiger charge is 2.61. The molecule has 0 aliphatic carbocycles. The Balaban J connectivity index is 0.000000456. The number of nitrogens with zero attached hydrogens (tertiary/aromatic N) is 1. The Hall–Kier alpha value is -2.26. The van der Waals surface area contributed by atoms with Crippen LogP contribution in [0.2, 0.25) is 0 Å². The van der Waals surface area contributed by atoms with E-state index in [4.69, 9.17) is 18.6 Å². The second-order valence-electron chi connectivity index (χ2n) is 10.5. The fourth-order valence-electron chi connectivity index (χ4n) is 5.02. The fourth-order valence-corrected chi connectivity index (χ4v) is 5.02. The molecule has 2 saturated heterocycles. The van der Waals surface area contributed by atoms with Crippen LogP contribution in [-0.2, 0) is 56.7 Å². The third-order valence-electron chi connectivity index (χ3n) is 7.48. The van der Waals surface area contributed by atoms with Crippen LogP contribution in [0, 0.1) is 0 Å². The molecular formula is C28H52BNO12. The number of hydrogen-bond acceptors (Lipinski definition) is 12. The number of ether oxygens (including phenoxy) is 4.